The maximum absolute atomic E-state index is 6.05. The normalized spacial score (nSPS) is 11.2. The van der Waals surface area contributed by atoms with Crippen molar-refractivity contribution in [1.29, 1.82) is 0 Å². The topological polar surface area (TPSA) is 51.8 Å². The van der Waals surface area contributed by atoms with E-state index in [4.69, 9.17) is 14.4 Å². The Kier molecular flexibility index (Phi) is 5.07. The third kappa shape index (κ3) is 3.95. The Labute approximate surface area is 213 Å². The molecule has 4 heteroatoms. The molecule has 3 heterocycles. The molecule has 0 fully saturated rings. The van der Waals surface area contributed by atoms with Crippen molar-refractivity contribution in [3.63, 3.8) is 0 Å². The van der Waals surface area contributed by atoms with Crippen LogP contribution in [0, 0.1) is 0 Å². The van der Waals surface area contributed by atoms with Gasteiger partial charge in [-0.15, -0.1) is 0 Å². The quantitative estimate of drug-likeness (QED) is 0.256. The van der Waals surface area contributed by atoms with Crippen LogP contribution >= 0.6 is 0 Å². The fourth-order valence-electron chi connectivity index (χ4n) is 4.75. The van der Waals surface area contributed by atoms with E-state index in [0.717, 1.165) is 61.1 Å². The molecule has 37 heavy (non-hydrogen) atoms. The first kappa shape index (κ1) is 21.2. The molecule has 4 nitrogen and oxygen atoms in total. The lowest BCUT2D eigenvalue weighted by Crippen LogP contribution is -1.96. The highest BCUT2D eigenvalue weighted by Gasteiger charge is 2.13. The minimum absolute atomic E-state index is 0.685. The lowest BCUT2D eigenvalue weighted by molar-refractivity contribution is 0.669. The Morgan fingerprint density at radius 1 is 0.432 bits per heavy atom. The van der Waals surface area contributed by atoms with Gasteiger partial charge < -0.3 is 4.42 Å². The van der Waals surface area contributed by atoms with Crippen molar-refractivity contribution in [3.8, 4) is 45.0 Å². The summed E-state index contributed by atoms with van der Waals surface area (Å²) in [6.45, 7) is 0. The molecule has 174 valence electrons. The summed E-state index contributed by atoms with van der Waals surface area (Å²) >= 11 is 0. The maximum atomic E-state index is 6.05. The van der Waals surface area contributed by atoms with Crippen LogP contribution in [0.1, 0.15) is 0 Å². The molecule has 0 aliphatic carbocycles. The molecule has 0 bridgehead atoms. The first-order valence-corrected chi connectivity index (χ1v) is 12.2. The van der Waals surface area contributed by atoms with Crippen LogP contribution in [0.25, 0.3) is 67.0 Å². The number of fused-ring (bicyclic) bond motifs is 3. The number of pyridine rings is 1. The van der Waals surface area contributed by atoms with Gasteiger partial charge >= 0.3 is 0 Å². The number of para-hydroxylation sites is 1. The Morgan fingerprint density at radius 3 is 2.00 bits per heavy atom. The van der Waals surface area contributed by atoms with E-state index in [1.165, 1.54) is 0 Å². The molecule has 0 spiro atoms. The molecule has 0 amide bonds. The second-order valence-electron chi connectivity index (χ2n) is 8.95. The number of rotatable bonds is 4. The molecule has 0 aliphatic heterocycles. The monoisotopic (exact) mass is 475 g/mol. The first-order valence-electron chi connectivity index (χ1n) is 12.2. The zero-order valence-corrected chi connectivity index (χ0v) is 19.9. The van der Waals surface area contributed by atoms with Crippen LogP contribution in [0.2, 0.25) is 0 Å². The highest BCUT2D eigenvalue weighted by Crippen LogP contribution is 2.34. The van der Waals surface area contributed by atoms with Gasteiger partial charge in [0.1, 0.15) is 11.2 Å². The van der Waals surface area contributed by atoms with E-state index in [0.29, 0.717) is 5.82 Å². The zero-order valence-electron chi connectivity index (χ0n) is 19.9. The van der Waals surface area contributed by atoms with Crippen molar-refractivity contribution < 1.29 is 4.42 Å². The fourth-order valence-corrected chi connectivity index (χ4v) is 4.75. The van der Waals surface area contributed by atoms with E-state index in [2.05, 4.69) is 59.6 Å². The summed E-state index contributed by atoms with van der Waals surface area (Å²) in [5, 5.41) is 2.18. The fraction of sp³-hybridized carbons (Fsp3) is 0. The molecule has 3 aromatic heterocycles. The van der Waals surface area contributed by atoms with Crippen LogP contribution in [0.3, 0.4) is 0 Å². The largest absolute Gasteiger partial charge is 0.456 e. The highest BCUT2D eigenvalue weighted by atomic mass is 16.3. The van der Waals surface area contributed by atoms with Gasteiger partial charge in [-0.2, -0.15) is 0 Å². The standard InChI is InChI=1S/C33H21N3O/c1-2-7-23(8-3-1)29-21-30(25-13-14-32-28(20-25)27-11-4-5-12-31(27)37-32)36-33(35-29)26-10-6-9-24(19-26)22-15-17-34-18-16-22/h1-21H. The molecular formula is C33H21N3O. The van der Waals surface area contributed by atoms with Gasteiger partial charge in [0, 0.05) is 39.9 Å². The number of benzene rings is 4. The van der Waals surface area contributed by atoms with E-state index >= 15 is 0 Å². The maximum Gasteiger partial charge on any atom is 0.160 e. The van der Waals surface area contributed by atoms with Crippen molar-refractivity contribution in [2.24, 2.45) is 0 Å². The number of nitrogens with zero attached hydrogens (tertiary/aromatic N) is 3. The van der Waals surface area contributed by atoms with Gasteiger partial charge in [-0.1, -0.05) is 66.7 Å². The molecule has 0 saturated carbocycles. The van der Waals surface area contributed by atoms with E-state index < -0.39 is 0 Å². The molecular weight excluding hydrogens is 454 g/mol. The first-order chi connectivity index (χ1) is 18.3. The average molecular weight is 476 g/mol. The van der Waals surface area contributed by atoms with Crippen molar-refractivity contribution in [2.45, 2.75) is 0 Å². The van der Waals surface area contributed by atoms with Gasteiger partial charge in [-0.3, -0.25) is 4.98 Å². The van der Waals surface area contributed by atoms with E-state index in [-0.39, 0.29) is 0 Å². The smallest absolute Gasteiger partial charge is 0.160 e. The summed E-state index contributed by atoms with van der Waals surface area (Å²) in [6.07, 6.45) is 3.62. The molecule has 4 aromatic carbocycles. The van der Waals surface area contributed by atoms with Crippen LogP contribution in [-0.4, -0.2) is 15.0 Å². The van der Waals surface area contributed by atoms with Crippen LogP contribution in [0.5, 0.6) is 0 Å². The molecule has 7 aromatic rings. The predicted molar refractivity (Wildman–Crippen MR) is 149 cm³/mol. The average Bonchev–Trinajstić information content (AvgIpc) is 3.36. The Bertz CT molecular complexity index is 1880. The predicted octanol–water partition coefficient (Wildman–Crippen LogP) is 8.44. The van der Waals surface area contributed by atoms with Crippen molar-refractivity contribution in [3.05, 3.63) is 128 Å². The van der Waals surface area contributed by atoms with Crippen molar-refractivity contribution >= 4 is 21.9 Å². The second-order valence-corrected chi connectivity index (χ2v) is 8.95. The van der Waals surface area contributed by atoms with Gasteiger partial charge in [0.05, 0.1) is 11.4 Å². The van der Waals surface area contributed by atoms with Crippen LogP contribution < -0.4 is 0 Å². The zero-order chi connectivity index (χ0) is 24.6. The second kappa shape index (κ2) is 8.85. The third-order valence-electron chi connectivity index (χ3n) is 6.60. The SMILES string of the molecule is c1ccc(-c2cc(-c3ccc4oc5ccccc5c4c3)nc(-c3cccc(-c4ccncc4)c3)n2)cc1. The Morgan fingerprint density at radius 2 is 1.14 bits per heavy atom. The Balaban J connectivity index is 1.41. The Hall–Kier alpha value is -5.09. The number of hydrogen-bond acceptors (Lipinski definition) is 4. The van der Waals surface area contributed by atoms with Gasteiger partial charge in [-0.05, 0) is 59.7 Å². The molecule has 7 rings (SSSR count). The molecule has 0 atom stereocenters. The molecule has 0 aliphatic rings. The van der Waals surface area contributed by atoms with E-state index in [1.54, 1.807) is 0 Å². The summed E-state index contributed by atoms with van der Waals surface area (Å²) in [4.78, 5) is 14.2. The molecule has 0 unspecified atom stereocenters. The van der Waals surface area contributed by atoms with Crippen molar-refractivity contribution in [1.82, 2.24) is 15.0 Å². The number of furan rings is 1. The lowest BCUT2D eigenvalue weighted by atomic mass is 10.0. The van der Waals surface area contributed by atoms with Crippen molar-refractivity contribution in [2.75, 3.05) is 0 Å². The number of hydrogen-bond donors (Lipinski definition) is 0. The summed E-state index contributed by atoms with van der Waals surface area (Å²) < 4.78 is 6.05. The van der Waals surface area contributed by atoms with Gasteiger partial charge in [0.2, 0.25) is 0 Å². The van der Waals surface area contributed by atoms with Gasteiger partial charge in [0.25, 0.3) is 0 Å². The van der Waals surface area contributed by atoms with Crippen LogP contribution in [0.4, 0.5) is 0 Å². The van der Waals surface area contributed by atoms with E-state index in [1.807, 2.05) is 73.1 Å². The molecule has 0 radical (unpaired) electrons. The van der Waals surface area contributed by atoms with E-state index in [9.17, 15) is 0 Å². The van der Waals surface area contributed by atoms with Gasteiger partial charge in [0.15, 0.2) is 5.82 Å². The summed E-state index contributed by atoms with van der Waals surface area (Å²) in [6, 6.07) is 39.0. The summed E-state index contributed by atoms with van der Waals surface area (Å²) in [5.41, 5.74) is 8.73. The van der Waals surface area contributed by atoms with Gasteiger partial charge in [-0.25, -0.2) is 9.97 Å². The minimum atomic E-state index is 0.685. The van der Waals surface area contributed by atoms with Crippen LogP contribution in [-0.2, 0) is 0 Å². The summed E-state index contributed by atoms with van der Waals surface area (Å²) in [7, 11) is 0. The molecule has 0 saturated heterocycles. The summed E-state index contributed by atoms with van der Waals surface area (Å²) in [5.74, 6) is 0.685. The highest BCUT2D eigenvalue weighted by molar-refractivity contribution is 6.06. The minimum Gasteiger partial charge on any atom is -0.456 e. The molecule has 0 N–H and O–H groups in total. The lowest BCUT2D eigenvalue weighted by Gasteiger charge is -2.10. The number of aromatic nitrogens is 3. The third-order valence-corrected chi connectivity index (χ3v) is 6.60. The van der Waals surface area contributed by atoms with Crippen LogP contribution in [0.15, 0.2) is 132 Å².